The minimum absolute atomic E-state index is 0.131. The highest BCUT2D eigenvalue weighted by Gasteiger charge is 2.19. The van der Waals surface area contributed by atoms with E-state index in [-0.39, 0.29) is 5.41 Å². The lowest BCUT2D eigenvalue weighted by molar-refractivity contribution is 0.590. The molecule has 2 aromatic rings. The first kappa shape index (κ1) is 12.7. The molecular formula is C16H18N4. The molecule has 0 fully saturated rings. The molecular weight excluding hydrogens is 248 g/mol. The number of aromatic nitrogens is 1. The Balaban J connectivity index is 1.88. The molecule has 1 aliphatic heterocycles. The quantitative estimate of drug-likeness (QED) is 0.547. The maximum atomic E-state index is 5.85. The summed E-state index contributed by atoms with van der Waals surface area (Å²) in [4.78, 5) is 8.63. The summed E-state index contributed by atoms with van der Waals surface area (Å²) >= 11 is 0. The SMILES string of the molecule is CC(C)(C)c1cccc(/C=N/c2cc3c(nc2N)N3)c1. The fourth-order valence-corrected chi connectivity index (χ4v) is 2.01. The second-order valence-corrected chi connectivity index (χ2v) is 6.05. The second kappa shape index (κ2) is 4.34. The van der Waals surface area contributed by atoms with Gasteiger partial charge < -0.3 is 11.1 Å². The highest BCUT2D eigenvalue weighted by atomic mass is 15.2. The fraction of sp³-hybridized carbons (Fsp3) is 0.250. The molecule has 3 rings (SSSR count). The van der Waals surface area contributed by atoms with Gasteiger partial charge >= 0.3 is 0 Å². The van der Waals surface area contributed by atoms with E-state index in [0.717, 1.165) is 17.1 Å². The molecule has 0 amide bonds. The normalized spacial score (nSPS) is 13.2. The van der Waals surface area contributed by atoms with Crippen molar-refractivity contribution in [2.45, 2.75) is 26.2 Å². The molecule has 0 radical (unpaired) electrons. The summed E-state index contributed by atoms with van der Waals surface area (Å²) in [6.07, 6.45) is 1.83. The van der Waals surface area contributed by atoms with E-state index in [2.05, 4.69) is 54.3 Å². The summed E-state index contributed by atoms with van der Waals surface area (Å²) in [6.45, 7) is 6.60. The molecule has 0 atom stereocenters. The molecule has 0 aliphatic carbocycles. The van der Waals surface area contributed by atoms with Gasteiger partial charge in [-0.1, -0.05) is 39.0 Å². The third-order valence-corrected chi connectivity index (χ3v) is 3.33. The van der Waals surface area contributed by atoms with Crippen LogP contribution in [-0.2, 0) is 5.41 Å². The number of fused-ring (bicyclic) bond motifs is 1. The van der Waals surface area contributed by atoms with Gasteiger partial charge in [-0.25, -0.2) is 4.98 Å². The molecule has 3 N–H and O–H groups in total. The molecule has 102 valence electrons. The standard InChI is InChI=1S/C16H18N4/c1-16(2,3)11-6-4-5-10(7-11)9-18-12-8-13-15(19-13)20-14(12)17/h4-9H,1-3H3,(H3,17,19,20)/b18-9+. The minimum atomic E-state index is 0.131. The van der Waals surface area contributed by atoms with E-state index in [4.69, 9.17) is 5.73 Å². The van der Waals surface area contributed by atoms with Crippen molar-refractivity contribution >= 4 is 29.2 Å². The van der Waals surface area contributed by atoms with Crippen LogP contribution < -0.4 is 11.1 Å². The van der Waals surface area contributed by atoms with E-state index in [1.54, 1.807) is 0 Å². The zero-order chi connectivity index (χ0) is 14.3. The van der Waals surface area contributed by atoms with Gasteiger partial charge in [0, 0.05) is 6.21 Å². The van der Waals surface area contributed by atoms with Crippen molar-refractivity contribution in [1.82, 2.24) is 4.98 Å². The Labute approximate surface area is 118 Å². The van der Waals surface area contributed by atoms with Gasteiger partial charge in [-0.05, 0) is 28.7 Å². The lowest BCUT2D eigenvalue weighted by Crippen LogP contribution is -2.11. The first-order chi connectivity index (χ1) is 9.43. The van der Waals surface area contributed by atoms with Crippen molar-refractivity contribution in [3.63, 3.8) is 0 Å². The molecule has 1 aromatic heterocycles. The molecule has 0 unspecified atom stereocenters. The van der Waals surface area contributed by atoms with E-state index in [0.29, 0.717) is 11.5 Å². The highest BCUT2D eigenvalue weighted by Crippen LogP contribution is 2.41. The second-order valence-electron chi connectivity index (χ2n) is 6.05. The first-order valence-corrected chi connectivity index (χ1v) is 6.66. The molecule has 0 spiro atoms. The smallest absolute Gasteiger partial charge is 0.156 e. The monoisotopic (exact) mass is 266 g/mol. The van der Waals surface area contributed by atoms with Crippen LogP contribution in [0.15, 0.2) is 35.3 Å². The molecule has 1 aliphatic rings. The number of pyridine rings is 1. The highest BCUT2D eigenvalue weighted by molar-refractivity contribution is 5.92. The van der Waals surface area contributed by atoms with Crippen LogP contribution in [0, 0.1) is 0 Å². The summed E-state index contributed by atoms with van der Waals surface area (Å²) in [5.74, 6) is 1.31. The number of nitrogens with one attached hydrogen (secondary N) is 1. The Bertz CT molecular complexity index is 696. The molecule has 0 saturated carbocycles. The summed E-state index contributed by atoms with van der Waals surface area (Å²) in [5, 5.41) is 3.03. The lowest BCUT2D eigenvalue weighted by Gasteiger charge is -2.19. The predicted molar refractivity (Wildman–Crippen MR) is 84.3 cm³/mol. The molecule has 4 nitrogen and oxygen atoms in total. The number of anilines is 3. The average molecular weight is 266 g/mol. The van der Waals surface area contributed by atoms with Crippen LogP contribution >= 0.6 is 0 Å². The largest absolute Gasteiger partial charge is 0.382 e. The average Bonchev–Trinajstić information content (AvgIpc) is 3.13. The number of rotatable bonds is 2. The Hall–Kier alpha value is -2.36. The van der Waals surface area contributed by atoms with E-state index in [1.165, 1.54) is 5.56 Å². The summed E-state index contributed by atoms with van der Waals surface area (Å²) in [7, 11) is 0. The van der Waals surface area contributed by atoms with Crippen molar-refractivity contribution in [3.05, 3.63) is 41.5 Å². The van der Waals surface area contributed by atoms with Crippen molar-refractivity contribution in [1.29, 1.82) is 0 Å². The van der Waals surface area contributed by atoms with Crippen molar-refractivity contribution in [3.8, 4) is 0 Å². The molecule has 1 aromatic carbocycles. The first-order valence-electron chi connectivity index (χ1n) is 6.66. The molecule has 2 heterocycles. The summed E-state index contributed by atoms with van der Waals surface area (Å²) < 4.78 is 0. The number of nitrogens with zero attached hydrogens (tertiary/aromatic N) is 2. The van der Waals surface area contributed by atoms with Gasteiger partial charge in [0.15, 0.2) is 11.6 Å². The molecule has 4 heteroatoms. The fourth-order valence-electron chi connectivity index (χ4n) is 2.01. The van der Waals surface area contributed by atoms with E-state index in [1.807, 2.05) is 18.3 Å². The van der Waals surface area contributed by atoms with Crippen LogP contribution in [-0.4, -0.2) is 11.2 Å². The number of aliphatic imine (C=N–C) groups is 1. The van der Waals surface area contributed by atoms with E-state index in [9.17, 15) is 0 Å². The topological polar surface area (TPSA) is 73.2 Å². The van der Waals surface area contributed by atoms with Gasteiger partial charge in [0.25, 0.3) is 0 Å². The Morgan fingerprint density at radius 3 is 2.80 bits per heavy atom. The Morgan fingerprint density at radius 2 is 2.05 bits per heavy atom. The number of benzene rings is 1. The van der Waals surface area contributed by atoms with Gasteiger partial charge in [0.1, 0.15) is 5.69 Å². The maximum absolute atomic E-state index is 5.85. The lowest BCUT2D eigenvalue weighted by atomic mass is 9.86. The van der Waals surface area contributed by atoms with Crippen LogP contribution in [0.5, 0.6) is 0 Å². The Morgan fingerprint density at radius 1 is 1.25 bits per heavy atom. The molecule has 0 saturated heterocycles. The Kier molecular flexibility index (Phi) is 2.74. The minimum Gasteiger partial charge on any atom is -0.382 e. The van der Waals surface area contributed by atoms with Gasteiger partial charge in [-0.15, -0.1) is 0 Å². The maximum Gasteiger partial charge on any atom is 0.156 e. The molecule has 0 bridgehead atoms. The molecule has 20 heavy (non-hydrogen) atoms. The van der Waals surface area contributed by atoms with Gasteiger partial charge in [-0.3, -0.25) is 4.99 Å². The van der Waals surface area contributed by atoms with E-state index < -0.39 is 0 Å². The summed E-state index contributed by atoms with van der Waals surface area (Å²) in [5.41, 5.74) is 10.0. The van der Waals surface area contributed by atoms with Crippen LogP contribution in [0.3, 0.4) is 0 Å². The van der Waals surface area contributed by atoms with Gasteiger partial charge in [0.05, 0.1) is 5.69 Å². The van der Waals surface area contributed by atoms with Crippen molar-refractivity contribution in [2.24, 2.45) is 4.99 Å². The zero-order valence-electron chi connectivity index (χ0n) is 11.9. The van der Waals surface area contributed by atoms with Crippen LogP contribution in [0.4, 0.5) is 23.0 Å². The van der Waals surface area contributed by atoms with Crippen molar-refractivity contribution in [2.75, 3.05) is 11.1 Å². The van der Waals surface area contributed by atoms with Crippen LogP contribution in [0.25, 0.3) is 0 Å². The van der Waals surface area contributed by atoms with Gasteiger partial charge in [0.2, 0.25) is 0 Å². The number of hydrogen-bond donors (Lipinski definition) is 2. The van der Waals surface area contributed by atoms with Crippen LogP contribution in [0.1, 0.15) is 31.9 Å². The van der Waals surface area contributed by atoms with Gasteiger partial charge in [-0.2, -0.15) is 0 Å². The predicted octanol–water partition coefficient (Wildman–Crippen LogP) is 3.77. The zero-order valence-corrected chi connectivity index (χ0v) is 11.9. The van der Waals surface area contributed by atoms with Crippen molar-refractivity contribution < 1.29 is 0 Å². The van der Waals surface area contributed by atoms with Crippen LogP contribution in [0.2, 0.25) is 0 Å². The third kappa shape index (κ3) is 2.50. The number of nitrogens with two attached hydrogens (primary N) is 1. The third-order valence-electron chi connectivity index (χ3n) is 3.33. The number of hydrogen-bond acceptors (Lipinski definition) is 4. The van der Waals surface area contributed by atoms with E-state index >= 15 is 0 Å². The number of nitrogen functional groups attached to an aromatic ring is 1. The summed E-state index contributed by atoms with van der Waals surface area (Å²) in [6, 6.07) is 10.3.